The summed E-state index contributed by atoms with van der Waals surface area (Å²) in [4.78, 5) is 17.2. The standard InChI is InChI=1S/C22H27N3O3/c1-5-27-20-12-11-17(13-21(20)28-6-2)15(3)23-22(26)14-25-16(4)24-18-9-7-8-10-19(18)25/h7-13,15H,5-6,14H2,1-4H3,(H,23,26). The van der Waals surface area contributed by atoms with E-state index in [2.05, 4.69) is 10.3 Å². The number of fused-ring (bicyclic) bond motifs is 1. The number of nitrogens with zero attached hydrogens (tertiary/aromatic N) is 2. The predicted octanol–water partition coefficient (Wildman–Crippen LogP) is 4.02. The van der Waals surface area contributed by atoms with E-state index in [4.69, 9.17) is 9.47 Å². The number of ether oxygens (including phenoxy) is 2. The van der Waals surface area contributed by atoms with E-state index in [0.29, 0.717) is 24.7 Å². The number of amides is 1. The van der Waals surface area contributed by atoms with Gasteiger partial charge >= 0.3 is 0 Å². The van der Waals surface area contributed by atoms with Gasteiger partial charge in [-0.25, -0.2) is 4.98 Å². The van der Waals surface area contributed by atoms with Crippen LogP contribution in [0, 0.1) is 6.92 Å². The fraction of sp³-hybridized carbons (Fsp3) is 0.364. The van der Waals surface area contributed by atoms with Gasteiger partial charge in [0.15, 0.2) is 11.5 Å². The first-order valence-corrected chi connectivity index (χ1v) is 9.64. The highest BCUT2D eigenvalue weighted by Crippen LogP contribution is 2.30. The molecule has 1 atom stereocenters. The van der Waals surface area contributed by atoms with Crippen LogP contribution in [0.1, 0.15) is 38.2 Å². The van der Waals surface area contributed by atoms with Crippen LogP contribution < -0.4 is 14.8 Å². The maximum atomic E-state index is 12.7. The Bertz CT molecular complexity index is 965. The molecule has 0 aliphatic carbocycles. The zero-order valence-electron chi connectivity index (χ0n) is 16.9. The molecule has 1 amide bonds. The lowest BCUT2D eigenvalue weighted by Crippen LogP contribution is -2.30. The van der Waals surface area contributed by atoms with Crippen LogP contribution in [0.5, 0.6) is 11.5 Å². The third-order valence-corrected chi connectivity index (χ3v) is 4.59. The Kier molecular flexibility index (Phi) is 6.19. The summed E-state index contributed by atoms with van der Waals surface area (Å²) in [5.74, 6) is 2.17. The van der Waals surface area contributed by atoms with E-state index in [0.717, 1.165) is 22.4 Å². The molecule has 0 aliphatic heterocycles. The van der Waals surface area contributed by atoms with Gasteiger partial charge in [-0.15, -0.1) is 0 Å². The number of aromatic nitrogens is 2. The van der Waals surface area contributed by atoms with Crippen molar-refractivity contribution in [3.8, 4) is 11.5 Å². The van der Waals surface area contributed by atoms with Gasteiger partial charge in [-0.1, -0.05) is 18.2 Å². The van der Waals surface area contributed by atoms with Gasteiger partial charge in [0, 0.05) is 0 Å². The van der Waals surface area contributed by atoms with Crippen LogP contribution in [0.25, 0.3) is 11.0 Å². The molecule has 28 heavy (non-hydrogen) atoms. The minimum absolute atomic E-state index is 0.0643. The third kappa shape index (κ3) is 4.27. The number of rotatable bonds is 8. The molecular formula is C22H27N3O3. The Balaban J connectivity index is 1.73. The molecule has 148 valence electrons. The molecule has 0 saturated heterocycles. The van der Waals surface area contributed by atoms with Crippen molar-refractivity contribution in [3.05, 3.63) is 53.9 Å². The Labute approximate surface area is 165 Å². The second-order valence-electron chi connectivity index (χ2n) is 6.60. The van der Waals surface area contributed by atoms with Crippen molar-refractivity contribution in [2.75, 3.05) is 13.2 Å². The maximum absolute atomic E-state index is 12.7. The molecule has 6 nitrogen and oxygen atoms in total. The second kappa shape index (κ2) is 8.78. The summed E-state index contributed by atoms with van der Waals surface area (Å²) in [6.07, 6.45) is 0. The van der Waals surface area contributed by atoms with Crippen molar-refractivity contribution in [3.63, 3.8) is 0 Å². The number of nitrogens with one attached hydrogen (secondary N) is 1. The van der Waals surface area contributed by atoms with E-state index in [1.54, 1.807) is 0 Å². The minimum Gasteiger partial charge on any atom is -0.490 e. The first-order chi connectivity index (χ1) is 13.5. The minimum atomic E-state index is -0.155. The van der Waals surface area contributed by atoms with Crippen molar-refractivity contribution < 1.29 is 14.3 Å². The number of hydrogen-bond donors (Lipinski definition) is 1. The van der Waals surface area contributed by atoms with Gasteiger partial charge in [0.25, 0.3) is 0 Å². The Morgan fingerprint density at radius 1 is 1.11 bits per heavy atom. The van der Waals surface area contributed by atoms with Crippen LogP contribution in [0.15, 0.2) is 42.5 Å². The van der Waals surface area contributed by atoms with E-state index in [1.165, 1.54) is 0 Å². The number of carbonyl (C=O) groups excluding carboxylic acids is 1. The highest BCUT2D eigenvalue weighted by molar-refractivity contribution is 5.81. The molecule has 1 aromatic heterocycles. The predicted molar refractivity (Wildman–Crippen MR) is 110 cm³/mol. The first kappa shape index (κ1) is 19.7. The molecule has 1 unspecified atom stereocenters. The molecule has 0 fully saturated rings. The topological polar surface area (TPSA) is 65.4 Å². The molecule has 3 aromatic rings. The van der Waals surface area contributed by atoms with Crippen molar-refractivity contribution in [1.82, 2.24) is 14.9 Å². The molecule has 0 spiro atoms. The lowest BCUT2D eigenvalue weighted by atomic mass is 10.1. The molecule has 0 radical (unpaired) electrons. The number of aryl methyl sites for hydroxylation is 1. The quantitative estimate of drug-likeness (QED) is 0.640. The van der Waals surface area contributed by atoms with Crippen LogP contribution in [0.3, 0.4) is 0 Å². The fourth-order valence-electron chi connectivity index (χ4n) is 3.25. The lowest BCUT2D eigenvalue weighted by molar-refractivity contribution is -0.122. The fourth-order valence-corrected chi connectivity index (χ4v) is 3.25. The lowest BCUT2D eigenvalue weighted by Gasteiger charge is -2.18. The van der Waals surface area contributed by atoms with Gasteiger partial charge in [0.1, 0.15) is 12.4 Å². The summed E-state index contributed by atoms with van der Waals surface area (Å²) < 4.78 is 13.2. The second-order valence-corrected chi connectivity index (χ2v) is 6.60. The van der Waals surface area contributed by atoms with Gasteiger partial charge < -0.3 is 19.4 Å². The highest BCUT2D eigenvalue weighted by Gasteiger charge is 2.15. The number of benzene rings is 2. The average Bonchev–Trinajstić information content (AvgIpc) is 2.99. The Morgan fingerprint density at radius 2 is 1.82 bits per heavy atom. The van der Waals surface area contributed by atoms with E-state index < -0.39 is 0 Å². The van der Waals surface area contributed by atoms with Crippen molar-refractivity contribution in [1.29, 1.82) is 0 Å². The molecular weight excluding hydrogens is 354 g/mol. The molecule has 6 heteroatoms. The highest BCUT2D eigenvalue weighted by atomic mass is 16.5. The van der Waals surface area contributed by atoms with E-state index in [-0.39, 0.29) is 18.5 Å². The number of hydrogen-bond acceptors (Lipinski definition) is 4. The smallest absolute Gasteiger partial charge is 0.240 e. The van der Waals surface area contributed by atoms with Crippen molar-refractivity contribution in [2.24, 2.45) is 0 Å². The van der Waals surface area contributed by atoms with E-state index >= 15 is 0 Å². The first-order valence-electron chi connectivity index (χ1n) is 9.64. The van der Waals surface area contributed by atoms with Gasteiger partial charge in [-0.2, -0.15) is 0 Å². The van der Waals surface area contributed by atoms with Crippen LogP contribution >= 0.6 is 0 Å². The molecule has 0 aliphatic rings. The van der Waals surface area contributed by atoms with Crippen molar-refractivity contribution in [2.45, 2.75) is 40.3 Å². The average molecular weight is 381 g/mol. The van der Waals surface area contributed by atoms with Gasteiger partial charge in [0.2, 0.25) is 5.91 Å². The summed E-state index contributed by atoms with van der Waals surface area (Å²) in [7, 11) is 0. The maximum Gasteiger partial charge on any atom is 0.240 e. The van der Waals surface area contributed by atoms with Crippen molar-refractivity contribution >= 4 is 16.9 Å². The summed E-state index contributed by atoms with van der Waals surface area (Å²) in [6.45, 7) is 9.10. The normalized spacial score (nSPS) is 12.0. The zero-order valence-corrected chi connectivity index (χ0v) is 16.9. The van der Waals surface area contributed by atoms with E-state index in [9.17, 15) is 4.79 Å². The summed E-state index contributed by atoms with van der Waals surface area (Å²) in [6, 6.07) is 13.4. The third-order valence-electron chi connectivity index (χ3n) is 4.59. The zero-order chi connectivity index (χ0) is 20.1. The van der Waals surface area contributed by atoms with Crippen LogP contribution in [-0.4, -0.2) is 28.7 Å². The number of imidazole rings is 1. The summed E-state index contributed by atoms with van der Waals surface area (Å²) >= 11 is 0. The molecule has 0 saturated carbocycles. The summed E-state index contributed by atoms with van der Waals surface area (Å²) in [5.41, 5.74) is 2.82. The Hall–Kier alpha value is -3.02. The van der Waals surface area contributed by atoms with Gasteiger partial charge in [0.05, 0.1) is 30.3 Å². The van der Waals surface area contributed by atoms with Crippen LogP contribution in [-0.2, 0) is 11.3 Å². The monoisotopic (exact) mass is 381 g/mol. The summed E-state index contributed by atoms with van der Waals surface area (Å²) in [5, 5.41) is 3.06. The Morgan fingerprint density at radius 3 is 2.57 bits per heavy atom. The molecule has 3 rings (SSSR count). The van der Waals surface area contributed by atoms with Crippen LogP contribution in [0.2, 0.25) is 0 Å². The molecule has 1 N–H and O–H groups in total. The van der Waals surface area contributed by atoms with Gasteiger partial charge in [-0.3, -0.25) is 4.79 Å². The molecule has 0 bridgehead atoms. The number of carbonyl (C=O) groups is 1. The number of para-hydroxylation sites is 2. The molecule has 2 aromatic carbocycles. The SMILES string of the molecule is CCOc1ccc(C(C)NC(=O)Cn2c(C)nc3ccccc32)cc1OCC. The van der Waals surface area contributed by atoms with Crippen LogP contribution in [0.4, 0.5) is 0 Å². The molecule has 1 heterocycles. The van der Waals surface area contributed by atoms with Gasteiger partial charge in [-0.05, 0) is 57.5 Å². The van der Waals surface area contributed by atoms with E-state index in [1.807, 2.05) is 74.7 Å². The largest absolute Gasteiger partial charge is 0.490 e.